The van der Waals surface area contributed by atoms with Gasteiger partial charge >= 0.3 is 0 Å². The van der Waals surface area contributed by atoms with Gasteiger partial charge in [0.2, 0.25) is 0 Å². The molecule has 0 atom stereocenters. The first kappa shape index (κ1) is 11.7. The van der Waals surface area contributed by atoms with E-state index in [4.69, 9.17) is 20.9 Å². The van der Waals surface area contributed by atoms with Gasteiger partial charge < -0.3 is 20.9 Å². The average molecular weight is 205 g/mol. The van der Waals surface area contributed by atoms with Crippen LogP contribution in [0.5, 0.6) is 11.5 Å². The number of ether oxygens (including phenoxy) is 2. The van der Waals surface area contributed by atoms with Crippen LogP contribution >= 0.6 is 12.4 Å². The Morgan fingerprint density at radius 1 is 0.923 bits per heavy atom. The molecule has 1 aromatic carbocycles. The summed E-state index contributed by atoms with van der Waals surface area (Å²) in [6.07, 6.45) is 0. The second kappa shape index (κ2) is 4.67. The van der Waals surface area contributed by atoms with Crippen molar-refractivity contribution in [2.45, 2.75) is 0 Å². The van der Waals surface area contributed by atoms with E-state index < -0.39 is 0 Å². The molecule has 4 nitrogen and oxygen atoms in total. The maximum atomic E-state index is 5.64. The van der Waals surface area contributed by atoms with Gasteiger partial charge in [0.05, 0.1) is 14.2 Å². The standard InChI is InChI=1S/C8H12N2O2.ClH/c1-11-5-3-4-6(12-2)8(10)7(5)9;/h3-4H,9-10H2,1-2H3;1H. The summed E-state index contributed by atoms with van der Waals surface area (Å²) >= 11 is 0. The first-order valence-electron chi connectivity index (χ1n) is 3.46. The van der Waals surface area contributed by atoms with Gasteiger partial charge in [0.25, 0.3) is 0 Å². The van der Waals surface area contributed by atoms with Crippen molar-refractivity contribution in [3.05, 3.63) is 12.1 Å². The molecular weight excluding hydrogens is 192 g/mol. The molecule has 0 spiro atoms. The van der Waals surface area contributed by atoms with E-state index >= 15 is 0 Å². The highest BCUT2D eigenvalue weighted by molar-refractivity contribution is 5.85. The van der Waals surface area contributed by atoms with Gasteiger partial charge in [-0.2, -0.15) is 0 Å². The van der Waals surface area contributed by atoms with Gasteiger partial charge in [-0.05, 0) is 12.1 Å². The molecule has 0 fully saturated rings. The van der Waals surface area contributed by atoms with Crippen LogP contribution in [0.2, 0.25) is 0 Å². The molecule has 13 heavy (non-hydrogen) atoms. The first-order chi connectivity index (χ1) is 5.70. The van der Waals surface area contributed by atoms with E-state index in [0.717, 1.165) is 0 Å². The van der Waals surface area contributed by atoms with Crippen molar-refractivity contribution in [3.63, 3.8) is 0 Å². The second-order valence-corrected chi connectivity index (χ2v) is 2.30. The summed E-state index contributed by atoms with van der Waals surface area (Å²) < 4.78 is 9.93. The number of nitrogens with two attached hydrogens (primary N) is 2. The summed E-state index contributed by atoms with van der Waals surface area (Å²) in [5, 5.41) is 0. The lowest BCUT2D eigenvalue weighted by Crippen LogP contribution is -2.00. The maximum absolute atomic E-state index is 5.64. The van der Waals surface area contributed by atoms with E-state index in [0.29, 0.717) is 22.9 Å². The SMILES string of the molecule is COc1ccc(OC)c(N)c1N.Cl. The van der Waals surface area contributed by atoms with E-state index in [1.807, 2.05) is 0 Å². The monoisotopic (exact) mass is 204 g/mol. The Kier molecular flexibility index (Phi) is 4.20. The molecule has 0 saturated heterocycles. The molecule has 0 amide bonds. The summed E-state index contributed by atoms with van der Waals surface area (Å²) in [6, 6.07) is 3.43. The molecule has 0 aliphatic carbocycles. The molecule has 0 aliphatic heterocycles. The van der Waals surface area contributed by atoms with Gasteiger partial charge in [-0.15, -0.1) is 12.4 Å². The van der Waals surface area contributed by atoms with Crippen LogP contribution in [0.25, 0.3) is 0 Å². The third kappa shape index (κ3) is 2.09. The number of anilines is 2. The van der Waals surface area contributed by atoms with Crippen molar-refractivity contribution < 1.29 is 9.47 Å². The van der Waals surface area contributed by atoms with Crippen LogP contribution in [0.4, 0.5) is 11.4 Å². The minimum Gasteiger partial charge on any atom is -0.495 e. The number of rotatable bonds is 2. The summed E-state index contributed by atoms with van der Waals surface area (Å²) in [6.45, 7) is 0. The largest absolute Gasteiger partial charge is 0.495 e. The van der Waals surface area contributed by atoms with Gasteiger partial charge in [-0.25, -0.2) is 0 Å². The molecule has 0 heterocycles. The zero-order chi connectivity index (χ0) is 9.14. The van der Waals surface area contributed by atoms with Crippen LogP contribution in [-0.4, -0.2) is 14.2 Å². The van der Waals surface area contributed by atoms with Gasteiger partial charge in [0.15, 0.2) is 0 Å². The summed E-state index contributed by atoms with van der Waals surface area (Å²) in [5.74, 6) is 1.13. The van der Waals surface area contributed by atoms with Crippen molar-refractivity contribution in [1.29, 1.82) is 0 Å². The van der Waals surface area contributed by atoms with Crippen molar-refractivity contribution in [2.24, 2.45) is 0 Å². The highest BCUT2D eigenvalue weighted by Gasteiger charge is 2.07. The van der Waals surface area contributed by atoms with E-state index in [2.05, 4.69) is 0 Å². The Hall–Kier alpha value is -1.29. The fourth-order valence-corrected chi connectivity index (χ4v) is 0.952. The number of methoxy groups -OCH3 is 2. The van der Waals surface area contributed by atoms with Gasteiger partial charge in [-0.3, -0.25) is 0 Å². The zero-order valence-corrected chi connectivity index (χ0v) is 8.35. The first-order valence-corrected chi connectivity index (χ1v) is 3.46. The molecule has 0 bridgehead atoms. The molecule has 4 N–H and O–H groups in total. The molecule has 1 aromatic rings. The van der Waals surface area contributed by atoms with Crippen molar-refractivity contribution in [3.8, 4) is 11.5 Å². The lowest BCUT2D eigenvalue weighted by molar-refractivity contribution is 0.406. The molecule has 0 radical (unpaired) electrons. The molecule has 1 rings (SSSR count). The summed E-state index contributed by atoms with van der Waals surface area (Å²) in [7, 11) is 3.08. The Morgan fingerprint density at radius 2 is 1.23 bits per heavy atom. The Labute approximate surface area is 83.2 Å². The van der Waals surface area contributed by atoms with Crippen LogP contribution < -0.4 is 20.9 Å². The second-order valence-electron chi connectivity index (χ2n) is 2.30. The van der Waals surface area contributed by atoms with Crippen LogP contribution in [0, 0.1) is 0 Å². The van der Waals surface area contributed by atoms with Gasteiger partial charge in [-0.1, -0.05) is 0 Å². The van der Waals surface area contributed by atoms with E-state index in [1.165, 1.54) is 14.2 Å². The maximum Gasteiger partial charge on any atom is 0.144 e. The predicted octanol–water partition coefficient (Wildman–Crippen LogP) is 1.29. The lowest BCUT2D eigenvalue weighted by Gasteiger charge is -2.10. The van der Waals surface area contributed by atoms with Crippen molar-refractivity contribution >= 4 is 23.8 Å². The molecule has 74 valence electrons. The number of nitrogen functional groups attached to an aromatic ring is 2. The van der Waals surface area contributed by atoms with Crippen LogP contribution in [-0.2, 0) is 0 Å². The normalized spacial score (nSPS) is 8.77. The molecule has 0 unspecified atom stereocenters. The smallest absolute Gasteiger partial charge is 0.144 e. The lowest BCUT2D eigenvalue weighted by atomic mass is 10.2. The van der Waals surface area contributed by atoms with Crippen LogP contribution in [0.1, 0.15) is 0 Å². The third-order valence-electron chi connectivity index (χ3n) is 1.65. The summed E-state index contributed by atoms with van der Waals surface area (Å²) in [4.78, 5) is 0. The van der Waals surface area contributed by atoms with E-state index in [-0.39, 0.29) is 12.4 Å². The quantitative estimate of drug-likeness (QED) is 0.713. The molecular formula is C8H13ClN2O2. The fraction of sp³-hybridized carbons (Fsp3) is 0.250. The third-order valence-corrected chi connectivity index (χ3v) is 1.65. The molecule has 0 aliphatic rings. The van der Waals surface area contributed by atoms with Crippen LogP contribution in [0.15, 0.2) is 12.1 Å². The van der Waals surface area contributed by atoms with Gasteiger partial charge in [0, 0.05) is 0 Å². The minimum absolute atomic E-state index is 0. The minimum atomic E-state index is 0. The summed E-state index contributed by atoms with van der Waals surface area (Å²) in [5.41, 5.74) is 12.1. The Morgan fingerprint density at radius 3 is 1.46 bits per heavy atom. The topological polar surface area (TPSA) is 70.5 Å². The highest BCUT2D eigenvalue weighted by atomic mass is 35.5. The molecule has 0 aromatic heterocycles. The van der Waals surface area contributed by atoms with E-state index in [1.54, 1.807) is 12.1 Å². The molecule has 0 saturated carbocycles. The van der Waals surface area contributed by atoms with Crippen molar-refractivity contribution in [1.82, 2.24) is 0 Å². The number of hydrogen-bond acceptors (Lipinski definition) is 4. The van der Waals surface area contributed by atoms with Crippen LogP contribution in [0.3, 0.4) is 0 Å². The van der Waals surface area contributed by atoms with E-state index in [9.17, 15) is 0 Å². The highest BCUT2D eigenvalue weighted by Crippen LogP contribution is 2.34. The number of benzene rings is 1. The van der Waals surface area contributed by atoms with Gasteiger partial charge in [0.1, 0.15) is 22.9 Å². The average Bonchev–Trinajstić information content (AvgIpc) is 2.10. The van der Waals surface area contributed by atoms with Crippen molar-refractivity contribution in [2.75, 3.05) is 25.7 Å². The Bertz CT molecular complexity index is 263. The number of hydrogen-bond donors (Lipinski definition) is 2. The predicted molar refractivity (Wildman–Crippen MR) is 55.6 cm³/mol. The fourth-order valence-electron chi connectivity index (χ4n) is 0.952. The molecule has 5 heteroatoms. The zero-order valence-electron chi connectivity index (χ0n) is 7.53. The number of halogens is 1. The Balaban J connectivity index is 0.00000144.